The molecule has 35 heavy (non-hydrogen) atoms. The van der Waals surface area contributed by atoms with E-state index in [9.17, 15) is 22.8 Å². The molecule has 1 aliphatic heterocycles. The standard InChI is InChI=1S/C26H25N3O5S/c1-17-4-3-5-21(14-17)28-35(33,34)22-11-6-18(2)23(15-22)26(32)27-20-9-7-19(8-10-20)16-29-24(30)12-13-25(29)31/h3-11,14-15,28H,12-13,16H2,1-2H3,(H,27,32). The summed E-state index contributed by atoms with van der Waals surface area (Å²) in [6.07, 6.45) is 0.475. The van der Waals surface area contributed by atoms with E-state index in [1.54, 1.807) is 55.5 Å². The van der Waals surface area contributed by atoms with Crippen molar-refractivity contribution in [1.29, 1.82) is 0 Å². The highest BCUT2D eigenvalue weighted by Gasteiger charge is 2.28. The first-order chi connectivity index (χ1) is 16.6. The molecule has 0 bridgehead atoms. The lowest BCUT2D eigenvalue weighted by atomic mass is 10.1. The summed E-state index contributed by atoms with van der Waals surface area (Å²) in [6.45, 7) is 3.79. The summed E-state index contributed by atoms with van der Waals surface area (Å²) in [5.74, 6) is -0.822. The molecule has 3 amide bonds. The maximum Gasteiger partial charge on any atom is 0.261 e. The van der Waals surface area contributed by atoms with E-state index in [0.717, 1.165) is 11.1 Å². The van der Waals surface area contributed by atoms with Gasteiger partial charge in [-0.25, -0.2) is 8.42 Å². The highest BCUT2D eigenvalue weighted by atomic mass is 32.2. The van der Waals surface area contributed by atoms with Crippen LogP contribution in [0.1, 0.15) is 39.9 Å². The minimum absolute atomic E-state index is 0.0231. The third kappa shape index (κ3) is 5.58. The Bertz CT molecular complexity index is 1400. The number of rotatable bonds is 7. The fourth-order valence-electron chi connectivity index (χ4n) is 3.81. The second-order valence-corrected chi connectivity index (χ2v) is 10.2. The average molecular weight is 492 g/mol. The number of imide groups is 1. The largest absolute Gasteiger partial charge is 0.322 e. The van der Waals surface area contributed by atoms with E-state index in [-0.39, 0.29) is 41.7 Å². The first-order valence-electron chi connectivity index (χ1n) is 11.1. The molecule has 0 atom stereocenters. The molecule has 1 saturated heterocycles. The zero-order valence-corrected chi connectivity index (χ0v) is 20.2. The summed E-state index contributed by atoms with van der Waals surface area (Å²) in [5.41, 5.74) is 3.48. The average Bonchev–Trinajstić information content (AvgIpc) is 3.12. The molecular weight excluding hydrogens is 466 g/mol. The normalized spacial score (nSPS) is 13.7. The van der Waals surface area contributed by atoms with Crippen molar-refractivity contribution in [3.63, 3.8) is 0 Å². The van der Waals surface area contributed by atoms with Crippen molar-refractivity contribution < 1.29 is 22.8 Å². The minimum Gasteiger partial charge on any atom is -0.322 e. The molecule has 0 aliphatic carbocycles. The van der Waals surface area contributed by atoms with Crippen molar-refractivity contribution in [1.82, 2.24) is 4.90 Å². The van der Waals surface area contributed by atoms with Crippen LogP contribution in [0.2, 0.25) is 0 Å². The molecule has 1 aliphatic rings. The van der Waals surface area contributed by atoms with Crippen LogP contribution in [0.3, 0.4) is 0 Å². The van der Waals surface area contributed by atoms with Gasteiger partial charge in [-0.1, -0.05) is 30.3 Å². The molecule has 0 aromatic heterocycles. The maximum atomic E-state index is 12.9. The summed E-state index contributed by atoms with van der Waals surface area (Å²) in [5, 5.41) is 2.77. The molecule has 0 saturated carbocycles. The van der Waals surface area contributed by atoms with Gasteiger partial charge in [0.05, 0.1) is 11.4 Å². The number of nitrogens with one attached hydrogen (secondary N) is 2. The third-order valence-corrected chi connectivity index (χ3v) is 7.12. The molecule has 0 unspecified atom stereocenters. The number of benzene rings is 3. The van der Waals surface area contributed by atoms with E-state index in [0.29, 0.717) is 16.9 Å². The van der Waals surface area contributed by atoms with Crippen LogP contribution < -0.4 is 10.0 Å². The van der Waals surface area contributed by atoms with Gasteiger partial charge in [0.2, 0.25) is 11.8 Å². The van der Waals surface area contributed by atoms with Crippen molar-refractivity contribution in [2.45, 2.75) is 38.1 Å². The predicted octanol–water partition coefficient (Wildman–Crippen LogP) is 4.01. The zero-order valence-electron chi connectivity index (χ0n) is 19.4. The molecule has 0 radical (unpaired) electrons. The molecular formula is C26H25N3O5S. The van der Waals surface area contributed by atoms with Crippen molar-refractivity contribution in [2.75, 3.05) is 10.0 Å². The van der Waals surface area contributed by atoms with E-state index < -0.39 is 15.9 Å². The van der Waals surface area contributed by atoms with Gasteiger partial charge in [0.15, 0.2) is 0 Å². The fraction of sp³-hybridized carbons (Fsp3) is 0.192. The summed E-state index contributed by atoms with van der Waals surface area (Å²) in [4.78, 5) is 37.8. The predicted molar refractivity (Wildman–Crippen MR) is 132 cm³/mol. The summed E-state index contributed by atoms with van der Waals surface area (Å²) >= 11 is 0. The Morgan fingerprint density at radius 1 is 0.886 bits per heavy atom. The van der Waals surface area contributed by atoms with Gasteiger partial charge in [-0.3, -0.25) is 24.0 Å². The summed E-state index contributed by atoms with van der Waals surface area (Å²) in [7, 11) is -3.89. The van der Waals surface area contributed by atoms with Crippen LogP contribution in [0, 0.1) is 13.8 Å². The molecule has 1 fully saturated rings. The number of anilines is 2. The SMILES string of the molecule is Cc1cccc(NS(=O)(=O)c2ccc(C)c(C(=O)Nc3ccc(CN4C(=O)CCC4=O)cc3)c2)c1. The van der Waals surface area contributed by atoms with Gasteiger partial charge in [-0.2, -0.15) is 0 Å². The Morgan fingerprint density at radius 3 is 2.23 bits per heavy atom. The highest BCUT2D eigenvalue weighted by Crippen LogP contribution is 2.22. The molecule has 9 heteroatoms. The summed E-state index contributed by atoms with van der Waals surface area (Å²) < 4.78 is 28.3. The minimum atomic E-state index is -3.89. The highest BCUT2D eigenvalue weighted by molar-refractivity contribution is 7.92. The third-order valence-electron chi connectivity index (χ3n) is 5.74. The molecule has 1 heterocycles. The first-order valence-corrected chi connectivity index (χ1v) is 12.5. The lowest BCUT2D eigenvalue weighted by molar-refractivity contribution is -0.139. The smallest absolute Gasteiger partial charge is 0.261 e. The quantitative estimate of drug-likeness (QED) is 0.485. The number of aryl methyl sites for hydroxylation is 2. The van der Waals surface area contributed by atoms with E-state index in [2.05, 4.69) is 10.0 Å². The number of hydrogen-bond acceptors (Lipinski definition) is 5. The van der Waals surface area contributed by atoms with Crippen LogP contribution in [-0.2, 0) is 26.2 Å². The van der Waals surface area contributed by atoms with Crippen LogP contribution in [0.15, 0.2) is 71.6 Å². The monoisotopic (exact) mass is 491 g/mol. The number of amides is 3. The van der Waals surface area contributed by atoms with Gasteiger partial charge >= 0.3 is 0 Å². The van der Waals surface area contributed by atoms with Gasteiger partial charge in [0, 0.05) is 29.8 Å². The zero-order chi connectivity index (χ0) is 25.2. The Morgan fingerprint density at radius 2 is 1.57 bits per heavy atom. The van der Waals surface area contributed by atoms with Crippen molar-refractivity contribution in [2.24, 2.45) is 0 Å². The van der Waals surface area contributed by atoms with Crippen LogP contribution in [0.5, 0.6) is 0 Å². The van der Waals surface area contributed by atoms with Gasteiger partial charge in [0.25, 0.3) is 15.9 Å². The van der Waals surface area contributed by atoms with Crippen LogP contribution in [0.4, 0.5) is 11.4 Å². The number of carbonyl (C=O) groups is 3. The van der Waals surface area contributed by atoms with Gasteiger partial charge in [0.1, 0.15) is 0 Å². The second kappa shape index (κ2) is 9.71. The van der Waals surface area contributed by atoms with E-state index in [1.165, 1.54) is 17.0 Å². The van der Waals surface area contributed by atoms with Crippen molar-refractivity contribution in [3.8, 4) is 0 Å². The van der Waals surface area contributed by atoms with Crippen LogP contribution in [-0.4, -0.2) is 31.0 Å². The topological polar surface area (TPSA) is 113 Å². The van der Waals surface area contributed by atoms with Gasteiger partial charge < -0.3 is 5.32 Å². The van der Waals surface area contributed by atoms with Crippen LogP contribution >= 0.6 is 0 Å². The number of likely N-dealkylation sites (tertiary alicyclic amines) is 1. The molecule has 4 rings (SSSR count). The molecule has 3 aromatic rings. The molecule has 2 N–H and O–H groups in total. The lowest BCUT2D eigenvalue weighted by Gasteiger charge is -2.14. The fourth-order valence-corrected chi connectivity index (χ4v) is 4.88. The molecule has 180 valence electrons. The molecule has 8 nitrogen and oxygen atoms in total. The first kappa shape index (κ1) is 24.2. The Balaban J connectivity index is 1.48. The van der Waals surface area contributed by atoms with Crippen molar-refractivity contribution in [3.05, 3.63) is 89.0 Å². The maximum absolute atomic E-state index is 12.9. The Kier molecular flexibility index (Phi) is 6.70. The van der Waals surface area contributed by atoms with Gasteiger partial charge in [-0.15, -0.1) is 0 Å². The van der Waals surface area contributed by atoms with Gasteiger partial charge in [-0.05, 0) is 66.9 Å². The Labute approximate surface area is 204 Å². The number of sulfonamides is 1. The molecule has 3 aromatic carbocycles. The summed E-state index contributed by atoms with van der Waals surface area (Å²) in [6, 6.07) is 18.2. The Hall–Kier alpha value is -3.98. The van der Waals surface area contributed by atoms with Crippen molar-refractivity contribution >= 4 is 39.1 Å². The molecule has 0 spiro atoms. The number of nitrogens with zero attached hydrogens (tertiary/aromatic N) is 1. The number of hydrogen-bond donors (Lipinski definition) is 2. The van der Waals surface area contributed by atoms with Crippen LogP contribution in [0.25, 0.3) is 0 Å². The van der Waals surface area contributed by atoms with E-state index in [1.807, 2.05) is 13.0 Å². The lowest BCUT2D eigenvalue weighted by Crippen LogP contribution is -2.28. The van der Waals surface area contributed by atoms with E-state index in [4.69, 9.17) is 0 Å². The number of carbonyl (C=O) groups excluding carboxylic acids is 3. The van der Waals surface area contributed by atoms with E-state index >= 15 is 0 Å². The second-order valence-electron chi connectivity index (χ2n) is 8.48.